The van der Waals surface area contributed by atoms with Crippen molar-refractivity contribution >= 4 is 22.6 Å². The van der Waals surface area contributed by atoms with E-state index in [2.05, 4.69) is 38.2 Å². The summed E-state index contributed by atoms with van der Waals surface area (Å²) in [6.45, 7) is 6.70. The summed E-state index contributed by atoms with van der Waals surface area (Å²) in [6, 6.07) is 7.24. The van der Waals surface area contributed by atoms with Gasteiger partial charge in [-0.3, -0.25) is 4.90 Å². The molecule has 1 aliphatic heterocycles. The summed E-state index contributed by atoms with van der Waals surface area (Å²) in [7, 11) is 4.20. The fraction of sp³-hybridized carbons (Fsp3) is 0.478. The molecule has 2 fully saturated rings. The molecule has 0 unspecified atom stereocenters. The third-order valence-electron chi connectivity index (χ3n) is 7.13. The summed E-state index contributed by atoms with van der Waals surface area (Å²) < 4.78 is 3.91. The van der Waals surface area contributed by atoms with Gasteiger partial charge in [0.25, 0.3) is 0 Å². The highest BCUT2D eigenvalue weighted by atomic mass is 15.3. The van der Waals surface area contributed by atoms with Crippen molar-refractivity contribution < 1.29 is 0 Å². The van der Waals surface area contributed by atoms with Crippen LogP contribution in [-0.2, 0) is 7.05 Å². The maximum atomic E-state index is 4.85. The van der Waals surface area contributed by atoms with Crippen molar-refractivity contribution in [1.82, 2.24) is 38.9 Å². The lowest BCUT2D eigenvalue weighted by atomic mass is 9.85. The molecule has 4 aromatic rings. The summed E-state index contributed by atoms with van der Waals surface area (Å²) >= 11 is 0. The van der Waals surface area contributed by atoms with Gasteiger partial charge in [-0.1, -0.05) is 0 Å². The Kier molecular flexibility index (Phi) is 4.62. The average molecular weight is 432 g/mol. The van der Waals surface area contributed by atoms with Crippen LogP contribution in [0.3, 0.4) is 0 Å². The number of fused-ring (bicyclic) bond motifs is 2. The number of anilines is 1. The lowest BCUT2D eigenvalue weighted by Gasteiger charge is -2.46. The Morgan fingerprint density at radius 3 is 2.62 bits per heavy atom. The predicted octanol–water partition coefficient (Wildman–Crippen LogP) is 2.18. The fourth-order valence-electron chi connectivity index (χ4n) is 4.88. The largest absolute Gasteiger partial charge is 0.350 e. The number of aryl methyl sites for hydroxylation is 2. The zero-order chi connectivity index (χ0) is 21.8. The number of aromatic nitrogens is 6. The van der Waals surface area contributed by atoms with Crippen LogP contribution >= 0.6 is 0 Å². The summed E-state index contributed by atoms with van der Waals surface area (Å²) in [5, 5.41) is 8.23. The smallest absolute Gasteiger partial charge is 0.241 e. The standard InChI is InChI=1S/C23H29N9/c1-15-25-20-5-4-19(27-22(20)30(15)3)18-6-7-32-21(18)14-24-23(28-32)26-16-12-17(13-16)31-10-8-29(2)9-11-31/h4-7,14,16-17H,8-13H2,1-3H3,(H,26,28)/t16-,17-. The van der Waals surface area contributed by atoms with Gasteiger partial charge in [0.1, 0.15) is 11.3 Å². The summed E-state index contributed by atoms with van der Waals surface area (Å²) in [4.78, 5) is 19.0. The number of nitrogens with one attached hydrogen (secondary N) is 1. The molecule has 1 aliphatic carbocycles. The molecular formula is C23H29N9. The van der Waals surface area contributed by atoms with Gasteiger partial charge in [0.05, 0.1) is 17.4 Å². The normalized spacial score (nSPS) is 22.5. The van der Waals surface area contributed by atoms with E-state index in [0.717, 1.165) is 46.6 Å². The van der Waals surface area contributed by atoms with E-state index in [0.29, 0.717) is 18.0 Å². The highest BCUT2D eigenvalue weighted by molar-refractivity contribution is 5.82. The van der Waals surface area contributed by atoms with Crippen molar-refractivity contribution in [2.24, 2.45) is 7.05 Å². The molecule has 166 valence electrons. The van der Waals surface area contributed by atoms with Gasteiger partial charge in [0.15, 0.2) is 5.65 Å². The molecule has 0 spiro atoms. The van der Waals surface area contributed by atoms with Crippen LogP contribution in [-0.4, -0.2) is 84.2 Å². The van der Waals surface area contributed by atoms with E-state index < -0.39 is 0 Å². The van der Waals surface area contributed by atoms with Crippen LogP contribution in [0.15, 0.2) is 30.6 Å². The molecule has 4 aromatic heterocycles. The zero-order valence-corrected chi connectivity index (χ0v) is 18.9. The van der Waals surface area contributed by atoms with Crippen LogP contribution in [0.1, 0.15) is 18.7 Å². The number of rotatable bonds is 4. The number of pyridine rings is 1. The van der Waals surface area contributed by atoms with E-state index in [1.54, 1.807) is 0 Å². The third kappa shape index (κ3) is 3.32. The van der Waals surface area contributed by atoms with E-state index >= 15 is 0 Å². The molecule has 5 heterocycles. The molecule has 1 saturated heterocycles. The van der Waals surface area contributed by atoms with E-state index in [9.17, 15) is 0 Å². The van der Waals surface area contributed by atoms with Gasteiger partial charge in [-0.2, -0.15) is 0 Å². The van der Waals surface area contributed by atoms with Gasteiger partial charge in [0, 0.05) is 57.1 Å². The second-order valence-electron chi connectivity index (χ2n) is 9.20. The number of likely N-dealkylation sites (N-methyl/N-ethyl adjacent to an activating group) is 1. The van der Waals surface area contributed by atoms with Crippen molar-refractivity contribution in [1.29, 1.82) is 0 Å². The van der Waals surface area contributed by atoms with E-state index in [4.69, 9.17) is 10.1 Å². The molecular weight excluding hydrogens is 402 g/mol. The SMILES string of the molecule is Cc1nc2ccc(-c3ccn4nc(N[C@H]5C[C@H](N6CCN(C)CC6)C5)ncc34)nc2n1C. The first-order chi connectivity index (χ1) is 15.5. The Balaban J connectivity index is 1.17. The molecule has 0 atom stereocenters. The molecule has 0 radical (unpaired) electrons. The maximum absolute atomic E-state index is 4.85. The fourth-order valence-corrected chi connectivity index (χ4v) is 4.88. The molecule has 0 amide bonds. The van der Waals surface area contributed by atoms with Gasteiger partial charge < -0.3 is 14.8 Å². The van der Waals surface area contributed by atoms with Gasteiger partial charge in [-0.05, 0) is 45.0 Å². The van der Waals surface area contributed by atoms with Gasteiger partial charge in [0.2, 0.25) is 5.95 Å². The average Bonchev–Trinajstić information content (AvgIpc) is 3.31. The minimum Gasteiger partial charge on any atom is -0.350 e. The lowest BCUT2D eigenvalue weighted by Crippen LogP contribution is -2.55. The second-order valence-corrected chi connectivity index (χ2v) is 9.20. The molecule has 0 bridgehead atoms. The van der Waals surface area contributed by atoms with Gasteiger partial charge >= 0.3 is 0 Å². The van der Waals surface area contributed by atoms with E-state index in [1.807, 2.05) is 47.6 Å². The number of hydrogen-bond acceptors (Lipinski definition) is 7. The molecule has 2 aliphatic rings. The molecule has 0 aromatic carbocycles. The Labute approximate surface area is 187 Å². The minimum absolute atomic E-state index is 0.448. The highest BCUT2D eigenvalue weighted by Crippen LogP contribution is 2.29. The Bertz CT molecular complexity index is 1280. The molecule has 32 heavy (non-hydrogen) atoms. The Hall–Kier alpha value is -3.04. The predicted molar refractivity (Wildman–Crippen MR) is 125 cm³/mol. The van der Waals surface area contributed by atoms with Crippen LogP contribution in [0.2, 0.25) is 0 Å². The van der Waals surface area contributed by atoms with Crippen molar-refractivity contribution in [2.75, 3.05) is 38.5 Å². The molecule has 9 heteroatoms. The number of hydrogen-bond donors (Lipinski definition) is 1. The maximum Gasteiger partial charge on any atom is 0.241 e. The Morgan fingerprint density at radius 2 is 1.81 bits per heavy atom. The number of piperazine rings is 1. The van der Waals surface area contributed by atoms with Crippen molar-refractivity contribution in [2.45, 2.75) is 31.8 Å². The van der Waals surface area contributed by atoms with E-state index in [1.165, 1.54) is 26.2 Å². The number of nitrogens with zero attached hydrogens (tertiary/aromatic N) is 8. The topological polar surface area (TPSA) is 79.4 Å². The van der Waals surface area contributed by atoms with Crippen LogP contribution in [0.25, 0.3) is 27.9 Å². The first-order valence-electron chi connectivity index (χ1n) is 11.4. The van der Waals surface area contributed by atoms with Gasteiger partial charge in [-0.25, -0.2) is 19.5 Å². The van der Waals surface area contributed by atoms with Crippen LogP contribution in [0.4, 0.5) is 5.95 Å². The van der Waals surface area contributed by atoms with Crippen LogP contribution in [0.5, 0.6) is 0 Å². The highest BCUT2D eigenvalue weighted by Gasteiger charge is 2.35. The van der Waals surface area contributed by atoms with Crippen LogP contribution < -0.4 is 5.32 Å². The summed E-state index contributed by atoms with van der Waals surface area (Å²) in [6.07, 6.45) is 6.19. The zero-order valence-electron chi connectivity index (χ0n) is 18.9. The lowest BCUT2D eigenvalue weighted by molar-refractivity contribution is 0.0656. The van der Waals surface area contributed by atoms with Crippen molar-refractivity contribution in [3.05, 3.63) is 36.4 Å². The van der Waals surface area contributed by atoms with E-state index in [-0.39, 0.29) is 0 Å². The first-order valence-corrected chi connectivity index (χ1v) is 11.4. The van der Waals surface area contributed by atoms with Crippen molar-refractivity contribution in [3.8, 4) is 11.3 Å². The quantitative estimate of drug-likeness (QED) is 0.531. The second kappa shape index (κ2) is 7.53. The monoisotopic (exact) mass is 431 g/mol. The molecule has 1 saturated carbocycles. The molecule has 6 rings (SSSR count). The van der Waals surface area contributed by atoms with Crippen molar-refractivity contribution in [3.63, 3.8) is 0 Å². The number of imidazole rings is 1. The third-order valence-corrected chi connectivity index (χ3v) is 7.13. The Morgan fingerprint density at radius 1 is 1.00 bits per heavy atom. The molecule has 1 N–H and O–H groups in total. The minimum atomic E-state index is 0.448. The van der Waals surface area contributed by atoms with Gasteiger partial charge in [-0.15, -0.1) is 5.10 Å². The summed E-state index contributed by atoms with van der Waals surface area (Å²) in [5.74, 6) is 1.64. The van der Waals surface area contributed by atoms with Crippen LogP contribution in [0, 0.1) is 6.92 Å². The molecule has 9 nitrogen and oxygen atoms in total. The summed E-state index contributed by atoms with van der Waals surface area (Å²) in [5.41, 5.74) is 4.68. The first kappa shape index (κ1) is 19.6.